The third-order valence-corrected chi connectivity index (χ3v) is 2.69. The first-order chi connectivity index (χ1) is 8.60. The Hall–Kier alpha value is -1.84. The van der Waals surface area contributed by atoms with Crippen LogP contribution in [0, 0.1) is 0 Å². The van der Waals surface area contributed by atoms with Crippen molar-refractivity contribution in [3.05, 3.63) is 35.9 Å². The van der Waals surface area contributed by atoms with Crippen molar-refractivity contribution in [2.45, 2.75) is 26.9 Å². The summed E-state index contributed by atoms with van der Waals surface area (Å²) in [6, 6.07) is 9.07. The SMILES string of the molecule is CCN(CC)C(=O)C(OC(C)=O)c1ccccc1. The van der Waals surface area contributed by atoms with Crippen molar-refractivity contribution in [2.75, 3.05) is 13.1 Å². The molecule has 0 aliphatic heterocycles. The van der Waals surface area contributed by atoms with Gasteiger partial charge < -0.3 is 9.64 Å². The molecule has 4 nitrogen and oxygen atoms in total. The van der Waals surface area contributed by atoms with Gasteiger partial charge in [0.25, 0.3) is 5.91 Å². The Bertz CT molecular complexity index is 399. The lowest BCUT2D eigenvalue weighted by atomic mass is 10.1. The van der Waals surface area contributed by atoms with Crippen molar-refractivity contribution in [1.29, 1.82) is 0 Å². The lowest BCUT2D eigenvalue weighted by Crippen LogP contribution is -2.36. The number of hydrogen-bond donors (Lipinski definition) is 0. The Balaban J connectivity index is 2.98. The number of likely N-dealkylation sites (N-methyl/N-ethyl adjacent to an activating group) is 1. The average Bonchev–Trinajstić information content (AvgIpc) is 2.38. The molecule has 0 aliphatic carbocycles. The topological polar surface area (TPSA) is 46.6 Å². The summed E-state index contributed by atoms with van der Waals surface area (Å²) in [5, 5.41) is 0. The second-order valence-electron chi connectivity index (χ2n) is 3.91. The van der Waals surface area contributed by atoms with Crippen molar-refractivity contribution in [1.82, 2.24) is 4.90 Å². The zero-order chi connectivity index (χ0) is 13.5. The van der Waals surface area contributed by atoms with Crippen LogP contribution >= 0.6 is 0 Å². The maximum atomic E-state index is 12.3. The molecule has 1 atom stereocenters. The molecule has 0 spiro atoms. The first-order valence-corrected chi connectivity index (χ1v) is 6.11. The smallest absolute Gasteiger partial charge is 0.303 e. The quantitative estimate of drug-likeness (QED) is 0.751. The molecule has 0 aliphatic rings. The summed E-state index contributed by atoms with van der Waals surface area (Å²) in [4.78, 5) is 25.1. The van der Waals surface area contributed by atoms with Gasteiger partial charge in [0.15, 0.2) is 0 Å². The van der Waals surface area contributed by atoms with Gasteiger partial charge >= 0.3 is 5.97 Å². The molecule has 18 heavy (non-hydrogen) atoms. The molecule has 0 saturated carbocycles. The summed E-state index contributed by atoms with van der Waals surface area (Å²) in [5.74, 6) is -0.634. The second-order valence-corrected chi connectivity index (χ2v) is 3.91. The monoisotopic (exact) mass is 249 g/mol. The van der Waals surface area contributed by atoms with E-state index >= 15 is 0 Å². The Kier molecular flexibility index (Phi) is 5.36. The molecule has 0 saturated heterocycles. The number of carbonyl (C=O) groups excluding carboxylic acids is 2. The Labute approximate surface area is 108 Å². The van der Waals surface area contributed by atoms with E-state index in [4.69, 9.17) is 4.74 Å². The van der Waals surface area contributed by atoms with E-state index in [0.717, 1.165) is 0 Å². The van der Waals surface area contributed by atoms with Crippen molar-refractivity contribution in [3.8, 4) is 0 Å². The van der Waals surface area contributed by atoms with E-state index in [1.807, 2.05) is 32.0 Å². The van der Waals surface area contributed by atoms with E-state index in [1.165, 1.54) is 6.92 Å². The molecule has 0 bridgehead atoms. The third-order valence-electron chi connectivity index (χ3n) is 2.69. The molecular weight excluding hydrogens is 230 g/mol. The van der Waals surface area contributed by atoms with Gasteiger partial charge in [-0.25, -0.2) is 0 Å². The molecule has 1 amide bonds. The van der Waals surface area contributed by atoms with Crippen molar-refractivity contribution < 1.29 is 14.3 Å². The first kappa shape index (κ1) is 14.2. The van der Waals surface area contributed by atoms with Crippen LogP contribution in [0.1, 0.15) is 32.4 Å². The van der Waals surface area contributed by atoms with Crippen LogP contribution in [-0.4, -0.2) is 29.9 Å². The second kappa shape index (κ2) is 6.79. The molecular formula is C14H19NO3. The van der Waals surface area contributed by atoms with Crippen LogP contribution in [0.5, 0.6) is 0 Å². The first-order valence-electron chi connectivity index (χ1n) is 6.11. The summed E-state index contributed by atoms with van der Waals surface area (Å²) < 4.78 is 5.15. The Morgan fingerprint density at radius 2 is 1.72 bits per heavy atom. The molecule has 0 fully saturated rings. The minimum Gasteiger partial charge on any atom is -0.447 e. The van der Waals surface area contributed by atoms with Gasteiger partial charge in [-0.1, -0.05) is 30.3 Å². The average molecular weight is 249 g/mol. The molecule has 98 valence electrons. The maximum absolute atomic E-state index is 12.3. The van der Waals surface area contributed by atoms with Crippen LogP contribution in [-0.2, 0) is 14.3 Å². The molecule has 1 aromatic rings. The van der Waals surface area contributed by atoms with Gasteiger partial charge in [-0.2, -0.15) is 0 Å². The summed E-state index contributed by atoms with van der Waals surface area (Å²) in [7, 11) is 0. The zero-order valence-electron chi connectivity index (χ0n) is 11.1. The minimum absolute atomic E-state index is 0.179. The van der Waals surface area contributed by atoms with E-state index < -0.39 is 12.1 Å². The van der Waals surface area contributed by atoms with Crippen LogP contribution in [0.3, 0.4) is 0 Å². The van der Waals surface area contributed by atoms with Gasteiger partial charge in [0, 0.05) is 25.6 Å². The molecule has 4 heteroatoms. The highest BCUT2D eigenvalue weighted by molar-refractivity contribution is 5.84. The fourth-order valence-corrected chi connectivity index (χ4v) is 1.76. The number of esters is 1. The fraction of sp³-hybridized carbons (Fsp3) is 0.429. The number of hydrogen-bond acceptors (Lipinski definition) is 3. The summed E-state index contributed by atoms with van der Waals surface area (Å²) in [5.41, 5.74) is 0.699. The normalized spacial score (nSPS) is 11.7. The number of rotatable bonds is 5. The molecule has 1 rings (SSSR count). The summed E-state index contributed by atoms with van der Waals surface area (Å²) in [6.45, 7) is 6.31. The minimum atomic E-state index is -0.844. The number of amides is 1. The highest BCUT2D eigenvalue weighted by Gasteiger charge is 2.26. The lowest BCUT2D eigenvalue weighted by Gasteiger charge is -2.24. The standard InChI is InChI=1S/C14H19NO3/c1-4-15(5-2)14(17)13(18-11(3)16)12-9-7-6-8-10-12/h6-10,13H,4-5H2,1-3H3. The molecule has 1 aromatic carbocycles. The van der Waals surface area contributed by atoms with Crippen LogP contribution in [0.25, 0.3) is 0 Å². The molecule has 1 unspecified atom stereocenters. The largest absolute Gasteiger partial charge is 0.447 e. The Morgan fingerprint density at radius 3 is 2.17 bits per heavy atom. The predicted molar refractivity (Wildman–Crippen MR) is 68.9 cm³/mol. The zero-order valence-corrected chi connectivity index (χ0v) is 11.1. The third kappa shape index (κ3) is 3.58. The van der Waals surface area contributed by atoms with Crippen molar-refractivity contribution in [3.63, 3.8) is 0 Å². The number of ether oxygens (including phenoxy) is 1. The van der Waals surface area contributed by atoms with Gasteiger partial charge in [-0.05, 0) is 13.8 Å². The van der Waals surface area contributed by atoms with E-state index in [1.54, 1.807) is 17.0 Å². The number of carbonyl (C=O) groups is 2. The number of benzene rings is 1. The van der Waals surface area contributed by atoms with Crippen LogP contribution < -0.4 is 0 Å². The highest BCUT2D eigenvalue weighted by Crippen LogP contribution is 2.20. The summed E-state index contributed by atoms with van der Waals surface area (Å²) >= 11 is 0. The Morgan fingerprint density at radius 1 is 1.17 bits per heavy atom. The van der Waals surface area contributed by atoms with E-state index in [2.05, 4.69) is 0 Å². The van der Waals surface area contributed by atoms with Crippen LogP contribution in [0.2, 0.25) is 0 Å². The van der Waals surface area contributed by atoms with Gasteiger partial charge in [-0.15, -0.1) is 0 Å². The van der Waals surface area contributed by atoms with Crippen molar-refractivity contribution >= 4 is 11.9 Å². The van der Waals surface area contributed by atoms with Crippen LogP contribution in [0.4, 0.5) is 0 Å². The molecule has 0 N–H and O–H groups in total. The van der Waals surface area contributed by atoms with Gasteiger partial charge in [0.05, 0.1) is 0 Å². The van der Waals surface area contributed by atoms with E-state index in [0.29, 0.717) is 18.7 Å². The molecule has 0 aromatic heterocycles. The molecule has 0 heterocycles. The van der Waals surface area contributed by atoms with Crippen LogP contribution in [0.15, 0.2) is 30.3 Å². The number of nitrogens with zero attached hydrogens (tertiary/aromatic N) is 1. The van der Waals surface area contributed by atoms with Gasteiger partial charge in [0.2, 0.25) is 6.10 Å². The fourth-order valence-electron chi connectivity index (χ4n) is 1.76. The highest BCUT2D eigenvalue weighted by atomic mass is 16.5. The summed E-state index contributed by atoms with van der Waals surface area (Å²) in [6.07, 6.45) is -0.844. The van der Waals surface area contributed by atoms with Gasteiger partial charge in [0.1, 0.15) is 0 Å². The van der Waals surface area contributed by atoms with E-state index in [-0.39, 0.29) is 5.91 Å². The lowest BCUT2D eigenvalue weighted by molar-refractivity contribution is -0.159. The van der Waals surface area contributed by atoms with Crippen molar-refractivity contribution in [2.24, 2.45) is 0 Å². The van der Waals surface area contributed by atoms with Gasteiger partial charge in [-0.3, -0.25) is 9.59 Å². The maximum Gasteiger partial charge on any atom is 0.303 e. The predicted octanol–water partition coefficient (Wildman–Crippen LogP) is 2.16. The molecule has 0 radical (unpaired) electrons. The van der Waals surface area contributed by atoms with E-state index in [9.17, 15) is 9.59 Å².